The van der Waals surface area contributed by atoms with Gasteiger partial charge in [0.2, 0.25) is 10.0 Å². The van der Waals surface area contributed by atoms with Crippen LogP contribution < -0.4 is 14.3 Å². The Hall–Kier alpha value is -2.94. The Morgan fingerprint density at radius 2 is 1.71 bits per heavy atom. The highest BCUT2D eigenvalue weighted by molar-refractivity contribution is 7.89. The van der Waals surface area contributed by atoms with Crippen LogP contribution in [0, 0.1) is 0 Å². The van der Waals surface area contributed by atoms with Crippen molar-refractivity contribution < 1.29 is 13.2 Å². The fourth-order valence-electron chi connectivity index (χ4n) is 3.72. The fourth-order valence-corrected chi connectivity index (χ4v) is 5.82. The molecule has 0 amide bonds. The third kappa shape index (κ3) is 5.94. The van der Waals surface area contributed by atoms with Crippen molar-refractivity contribution in [2.75, 3.05) is 6.54 Å². The highest BCUT2D eigenvalue weighted by Crippen LogP contribution is 2.23. The quantitative estimate of drug-likeness (QED) is 0.320. The number of rotatable bonds is 10. The summed E-state index contributed by atoms with van der Waals surface area (Å²) < 4.78 is 36.3. The van der Waals surface area contributed by atoms with E-state index in [1.165, 1.54) is 0 Å². The lowest BCUT2D eigenvalue weighted by Crippen LogP contribution is -2.25. The van der Waals surface area contributed by atoms with Gasteiger partial charge in [-0.2, -0.15) is 0 Å². The van der Waals surface area contributed by atoms with Crippen molar-refractivity contribution in [3.63, 3.8) is 0 Å². The standard InChI is InChI=1S/C26H28N2O4S2/c1-19(2)32-22-12-10-20(11-13-22)9-6-16-27-34(30,31)23-14-15-24-25(17-23)33-26(29)28(24)18-21-7-4-3-5-8-21/h3-5,7-8,10-15,17,19,27H,6,9,16,18H2,1-2H3. The second kappa shape index (κ2) is 10.5. The molecule has 8 heteroatoms. The minimum atomic E-state index is -3.66. The summed E-state index contributed by atoms with van der Waals surface area (Å²) in [6, 6.07) is 22.5. The first-order valence-corrected chi connectivity index (χ1v) is 13.5. The van der Waals surface area contributed by atoms with Gasteiger partial charge >= 0.3 is 4.87 Å². The molecule has 1 heterocycles. The maximum Gasteiger partial charge on any atom is 0.308 e. The summed E-state index contributed by atoms with van der Waals surface area (Å²) in [5.74, 6) is 0.828. The van der Waals surface area contributed by atoms with E-state index < -0.39 is 10.0 Å². The van der Waals surface area contributed by atoms with E-state index in [1.54, 1.807) is 22.8 Å². The van der Waals surface area contributed by atoms with Crippen molar-refractivity contribution in [1.29, 1.82) is 0 Å². The SMILES string of the molecule is CC(C)Oc1ccc(CCCNS(=O)(=O)c2ccc3c(c2)sc(=O)n3Cc2ccccc2)cc1. The number of aromatic nitrogens is 1. The summed E-state index contributed by atoms with van der Waals surface area (Å²) in [7, 11) is -3.66. The van der Waals surface area contributed by atoms with E-state index in [2.05, 4.69) is 4.72 Å². The van der Waals surface area contributed by atoms with Gasteiger partial charge in [0.25, 0.3) is 0 Å². The Labute approximate surface area is 203 Å². The fraction of sp³-hybridized carbons (Fsp3) is 0.269. The maximum atomic E-state index is 12.8. The zero-order chi connectivity index (χ0) is 24.1. The first-order chi connectivity index (χ1) is 16.3. The number of ether oxygens (including phenoxy) is 1. The van der Waals surface area contributed by atoms with Gasteiger partial charge in [0.1, 0.15) is 5.75 Å². The monoisotopic (exact) mass is 496 g/mol. The van der Waals surface area contributed by atoms with Gasteiger partial charge in [-0.3, -0.25) is 9.36 Å². The van der Waals surface area contributed by atoms with Crippen LogP contribution >= 0.6 is 11.3 Å². The number of hydrogen-bond donors (Lipinski definition) is 1. The number of nitrogens with one attached hydrogen (secondary N) is 1. The average Bonchev–Trinajstić information content (AvgIpc) is 3.12. The molecule has 0 saturated heterocycles. The molecule has 34 heavy (non-hydrogen) atoms. The predicted molar refractivity (Wildman–Crippen MR) is 137 cm³/mol. The minimum Gasteiger partial charge on any atom is -0.491 e. The number of fused-ring (bicyclic) bond motifs is 1. The van der Waals surface area contributed by atoms with Gasteiger partial charge in [0, 0.05) is 6.54 Å². The van der Waals surface area contributed by atoms with Crippen LogP contribution in [0.3, 0.4) is 0 Å². The third-order valence-electron chi connectivity index (χ3n) is 5.36. The highest BCUT2D eigenvalue weighted by atomic mass is 32.2. The zero-order valence-electron chi connectivity index (χ0n) is 19.2. The lowest BCUT2D eigenvalue weighted by atomic mass is 10.1. The summed E-state index contributed by atoms with van der Waals surface area (Å²) in [6.07, 6.45) is 1.56. The Bertz CT molecular complexity index is 1410. The molecule has 0 aliphatic rings. The molecule has 0 radical (unpaired) electrons. The van der Waals surface area contributed by atoms with E-state index in [0.717, 1.165) is 40.2 Å². The molecule has 1 N–H and O–H groups in total. The van der Waals surface area contributed by atoms with Crippen LogP contribution in [0.25, 0.3) is 10.2 Å². The van der Waals surface area contributed by atoms with Gasteiger partial charge < -0.3 is 4.74 Å². The highest BCUT2D eigenvalue weighted by Gasteiger charge is 2.16. The Kier molecular flexibility index (Phi) is 7.50. The van der Waals surface area contributed by atoms with Gasteiger partial charge in [-0.25, -0.2) is 13.1 Å². The Morgan fingerprint density at radius 1 is 0.971 bits per heavy atom. The van der Waals surface area contributed by atoms with Crippen molar-refractivity contribution >= 4 is 31.6 Å². The summed E-state index contributed by atoms with van der Waals surface area (Å²) in [6.45, 7) is 4.75. The van der Waals surface area contributed by atoms with Crippen LogP contribution in [-0.4, -0.2) is 25.6 Å². The molecule has 0 spiro atoms. The molecule has 0 unspecified atom stereocenters. The minimum absolute atomic E-state index is 0.105. The third-order valence-corrected chi connectivity index (χ3v) is 7.76. The summed E-state index contributed by atoms with van der Waals surface area (Å²) >= 11 is 1.06. The van der Waals surface area contributed by atoms with Crippen LogP contribution in [0.1, 0.15) is 31.4 Å². The molecule has 6 nitrogen and oxygen atoms in total. The molecule has 178 valence electrons. The molecule has 4 rings (SSSR count). The number of benzene rings is 3. The number of thiazole rings is 1. The van der Waals surface area contributed by atoms with Crippen LogP contribution in [0.15, 0.2) is 82.5 Å². The Balaban J connectivity index is 1.38. The van der Waals surface area contributed by atoms with Crippen LogP contribution in [-0.2, 0) is 23.0 Å². The molecule has 0 atom stereocenters. The van der Waals surface area contributed by atoms with E-state index in [1.807, 2.05) is 68.4 Å². The molecular formula is C26H28N2O4S2. The van der Waals surface area contributed by atoms with Gasteiger partial charge in [-0.1, -0.05) is 53.8 Å². The topological polar surface area (TPSA) is 77.4 Å². The number of aryl methyl sites for hydroxylation is 1. The summed E-state index contributed by atoms with van der Waals surface area (Å²) in [4.78, 5) is 12.6. The lowest BCUT2D eigenvalue weighted by Gasteiger charge is -2.10. The van der Waals surface area contributed by atoms with Crippen LogP contribution in [0.4, 0.5) is 0 Å². The molecule has 3 aromatic carbocycles. The van der Waals surface area contributed by atoms with Gasteiger partial charge in [0.15, 0.2) is 0 Å². The summed E-state index contributed by atoms with van der Waals surface area (Å²) in [5.41, 5.74) is 2.88. The lowest BCUT2D eigenvalue weighted by molar-refractivity contribution is 0.242. The molecule has 0 saturated carbocycles. The smallest absolute Gasteiger partial charge is 0.308 e. The normalized spacial score (nSPS) is 11.9. The van der Waals surface area contributed by atoms with Gasteiger partial charge in [0.05, 0.1) is 27.8 Å². The van der Waals surface area contributed by atoms with Crippen LogP contribution in [0.5, 0.6) is 5.75 Å². The molecule has 0 aliphatic heterocycles. The van der Waals surface area contributed by atoms with E-state index in [4.69, 9.17) is 4.74 Å². The molecular weight excluding hydrogens is 468 g/mol. The largest absolute Gasteiger partial charge is 0.491 e. The zero-order valence-corrected chi connectivity index (χ0v) is 20.9. The number of hydrogen-bond acceptors (Lipinski definition) is 5. The molecule has 0 fully saturated rings. The molecule has 0 bridgehead atoms. The van der Waals surface area contributed by atoms with Crippen molar-refractivity contribution in [3.8, 4) is 5.75 Å². The second-order valence-corrected chi connectivity index (χ2v) is 11.1. The average molecular weight is 497 g/mol. The van der Waals surface area contributed by atoms with E-state index >= 15 is 0 Å². The first kappa shape index (κ1) is 24.2. The number of sulfonamides is 1. The molecule has 4 aromatic rings. The van der Waals surface area contributed by atoms with E-state index in [0.29, 0.717) is 24.2 Å². The predicted octanol–water partition coefficient (Wildman–Crippen LogP) is 4.81. The number of nitrogens with zero attached hydrogens (tertiary/aromatic N) is 1. The first-order valence-electron chi connectivity index (χ1n) is 11.2. The van der Waals surface area contributed by atoms with Crippen molar-refractivity contribution in [2.45, 2.75) is 44.2 Å². The van der Waals surface area contributed by atoms with E-state index in [-0.39, 0.29) is 15.9 Å². The van der Waals surface area contributed by atoms with Crippen molar-refractivity contribution in [1.82, 2.24) is 9.29 Å². The summed E-state index contributed by atoms with van der Waals surface area (Å²) in [5, 5.41) is 0. The van der Waals surface area contributed by atoms with Gasteiger partial charge in [-0.05, 0) is 68.1 Å². The van der Waals surface area contributed by atoms with Crippen molar-refractivity contribution in [3.05, 3.63) is 93.6 Å². The van der Waals surface area contributed by atoms with E-state index in [9.17, 15) is 13.2 Å². The Morgan fingerprint density at radius 3 is 2.41 bits per heavy atom. The maximum absolute atomic E-state index is 12.8. The molecule has 1 aromatic heterocycles. The van der Waals surface area contributed by atoms with Gasteiger partial charge in [-0.15, -0.1) is 0 Å². The van der Waals surface area contributed by atoms with Crippen LogP contribution in [0.2, 0.25) is 0 Å². The molecule has 0 aliphatic carbocycles. The van der Waals surface area contributed by atoms with Crippen molar-refractivity contribution in [2.24, 2.45) is 0 Å². The second-order valence-electron chi connectivity index (χ2n) is 8.38.